The second-order valence-electron chi connectivity index (χ2n) is 6.36. The lowest BCUT2D eigenvalue weighted by Gasteiger charge is -2.34. The maximum atomic E-state index is 4.71. The minimum absolute atomic E-state index is 0.193. The number of thioether (sulfide) groups is 1. The van der Waals surface area contributed by atoms with Crippen LogP contribution in [-0.4, -0.2) is 85.7 Å². The molecule has 1 rings (SSSR count). The molecule has 1 heterocycles. The zero-order valence-corrected chi connectivity index (χ0v) is 15.9. The summed E-state index contributed by atoms with van der Waals surface area (Å²) < 4.78 is 0.193. The summed E-state index contributed by atoms with van der Waals surface area (Å²) in [4.78, 5) is 9.76. The van der Waals surface area contributed by atoms with Gasteiger partial charge in [-0.25, -0.2) is 0 Å². The monoisotopic (exact) mass is 329 g/mol. The van der Waals surface area contributed by atoms with Crippen LogP contribution in [0.5, 0.6) is 0 Å². The Morgan fingerprint density at radius 1 is 1.09 bits per heavy atom. The summed E-state index contributed by atoms with van der Waals surface area (Å²) in [5, 5.41) is 6.80. The van der Waals surface area contributed by atoms with Crippen LogP contribution >= 0.6 is 11.8 Å². The summed E-state index contributed by atoms with van der Waals surface area (Å²) in [5.41, 5.74) is 0. The van der Waals surface area contributed by atoms with Crippen LogP contribution in [0.1, 0.15) is 27.7 Å². The first-order chi connectivity index (χ1) is 10.5. The van der Waals surface area contributed by atoms with Crippen molar-refractivity contribution in [3.05, 3.63) is 0 Å². The normalized spacial score (nSPS) is 18.5. The predicted octanol–water partition coefficient (Wildman–Crippen LogP) is 1.32. The van der Waals surface area contributed by atoms with Crippen molar-refractivity contribution in [3.8, 4) is 0 Å². The third kappa shape index (κ3) is 7.70. The summed E-state index contributed by atoms with van der Waals surface area (Å²) in [6.07, 6.45) is 2.14. The molecule has 1 fully saturated rings. The van der Waals surface area contributed by atoms with Gasteiger partial charge in [0.1, 0.15) is 0 Å². The van der Waals surface area contributed by atoms with Gasteiger partial charge in [-0.1, -0.05) is 6.92 Å². The summed E-state index contributed by atoms with van der Waals surface area (Å²) >= 11 is 1.86. The number of aliphatic imine (C=N–C) groups is 1. The van der Waals surface area contributed by atoms with Gasteiger partial charge in [0.15, 0.2) is 5.96 Å². The lowest BCUT2D eigenvalue weighted by atomic mass is 10.2. The number of hydrogen-bond acceptors (Lipinski definition) is 4. The van der Waals surface area contributed by atoms with E-state index in [0.717, 1.165) is 32.1 Å². The first-order valence-electron chi connectivity index (χ1n) is 8.52. The van der Waals surface area contributed by atoms with Crippen molar-refractivity contribution in [2.45, 2.75) is 32.4 Å². The Morgan fingerprint density at radius 3 is 2.27 bits per heavy atom. The van der Waals surface area contributed by atoms with Crippen molar-refractivity contribution in [2.75, 3.05) is 65.2 Å². The molecule has 0 atom stereocenters. The molecule has 0 aromatic carbocycles. The van der Waals surface area contributed by atoms with Crippen LogP contribution in [0.3, 0.4) is 0 Å². The second-order valence-corrected chi connectivity index (χ2v) is 7.88. The molecule has 0 aromatic heterocycles. The van der Waals surface area contributed by atoms with E-state index < -0.39 is 0 Å². The smallest absolute Gasteiger partial charge is 0.191 e. The van der Waals surface area contributed by atoms with Crippen molar-refractivity contribution in [2.24, 2.45) is 4.99 Å². The average Bonchev–Trinajstić information content (AvgIpc) is 2.53. The fraction of sp³-hybridized carbons (Fsp3) is 0.938. The van der Waals surface area contributed by atoms with Crippen LogP contribution in [-0.2, 0) is 0 Å². The minimum atomic E-state index is 0.193. The molecule has 130 valence electrons. The maximum Gasteiger partial charge on any atom is 0.191 e. The number of guanidine groups is 1. The van der Waals surface area contributed by atoms with E-state index in [4.69, 9.17) is 4.99 Å². The van der Waals surface area contributed by atoms with Crippen molar-refractivity contribution in [1.29, 1.82) is 0 Å². The van der Waals surface area contributed by atoms with E-state index in [1.807, 2.05) is 11.8 Å². The molecule has 0 aliphatic carbocycles. The fourth-order valence-corrected chi connectivity index (χ4v) is 2.53. The molecule has 0 amide bonds. The molecule has 6 heteroatoms. The molecule has 0 aromatic rings. The Morgan fingerprint density at radius 2 is 1.73 bits per heavy atom. The molecule has 1 aliphatic heterocycles. The Hall–Kier alpha value is -0.460. The number of nitrogens with one attached hydrogen (secondary N) is 2. The van der Waals surface area contributed by atoms with Gasteiger partial charge < -0.3 is 15.5 Å². The average molecular weight is 330 g/mol. The van der Waals surface area contributed by atoms with Gasteiger partial charge in [0.25, 0.3) is 0 Å². The Balaban J connectivity index is 2.31. The largest absolute Gasteiger partial charge is 0.357 e. The number of nitrogens with zero attached hydrogens (tertiary/aromatic N) is 3. The summed E-state index contributed by atoms with van der Waals surface area (Å²) in [7, 11) is 0. The molecular formula is C16H35N5S. The SMILES string of the molecule is CCNC(=NCC(C)(C)SC)NCCN1CCN(CC)CC1. The Bertz CT molecular complexity index is 324. The highest BCUT2D eigenvalue weighted by molar-refractivity contribution is 7.99. The molecule has 2 N–H and O–H groups in total. The van der Waals surface area contributed by atoms with Crippen LogP contribution in [0.15, 0.2) is 4.99 Å². The highest BCUT2D eigenvalue weighted by Crippen LogP contribution is 2.20. The molecule has 1 saturated heterocycles. The van der Waals surface area contributed by atoms with Gasteiger partial charge in [-0.15, -0.1) is 0 Å². The van der Waals surface area contributed by atoms with Gasteiger partial charge in [0, 0.05) is 50.6 Å². The van der Waals surface area contributed by atoms with Crippen LogP contribution in [0.25, 0.3) is 0 Å². The number of rotatable bonds is 8. The third-order valence-electron chi connectivity index (χ3n) is 4.15. The Kier molecular flexibility index (Phi) is 9.21. The molecular weight excluding hydrogens is 294 g/mol. The molecule has 0 radical (unpaired) electrons. The van der Waals surface area contributed by atoms with E-state index in [9.17, 15) is 0 Å². The van der Waals surface area contributed by atoms with E-state index in [1.165, 1.54) is 32.7 Å². The minimum Gasteiger partial charge on any atom is -0.357 e. The Labute approximate surface area is 141 Å². The van der Waals surface area contributed by atoms with Crippen molar-refractivity contribution in [1.82, 2.24) is 20.4 Å². The molecule has 0 spiro atoms. The zero-order valence-electron chi connectivity index (χ0n) is 15.1. The van der Waals surface area contributed by atoms with Crippen LogP contribution in [0, 0.1) is 0 Å². The van der Waals surface area contributed by atoms with Crippen LogP contribution in [0.4, 0.5) is 0 Å². The van der Waals surface area contributed by atoms with Gasteiger partial charge in [0.05, 0.1) is 6.54 Å². The standard InChI is InChI=1S/C16H35N5S/c1-6-17-15(19-14-16(3,4)22-5)18-8-9-21-12-10-20(7-2)11-13-21/h6-14H2,1-5H3,(H2,17,18,19). The summed E-state index contributed by atoms with van der Waals surface area (Å²) in [6, 6.07) is 0. The molecule has 0 unspecified atom stereocenters. The van der Waals surface area contributed by atoms with E-state index in [-0.39, 0.29) is 4.75 Å². The first-order valence-corrected chi connectivity index (χ1v) is 9.75. The lowest BCUT2D eigenvalue weighted by Crippen LogP contribution is -2.49. The van der Waals surface area contributed by atoms with Crippen molar-refractivity contribution in [3.63, 3.8) is 0 Å². The maximum absolute atomic E-state index is 4.71. The van der Waals surface area contributed by atoms with Gasteiger partial charge in [-0.2, -0.15) is 11.8 Å². The first kappa shape index (κ1) is 19.6. The van der Waals surface area contributed by atoms with E-state index in [0.29, 0.717) is 0 Å². The zero-order chi connectivity index (χ0) is 16.4. The van der Waals surface area contributed by atoms with Crippen LogP contribution < -0.4 is 10.6 Å². The highest BCUT2D eigenvalue weighted by Gasteiger charge is 2.16. The molecule has 5 nitrogen and oxygen atoms in total. The van der Waals surface area contributed by atoms with Gasteiger partial charge in [-0.05, 0) is 33.6 Å². The second kappa shape index (κ2) is 10.3. The quantitative estimate of drug-likeness (QED) is 0.519. The summed E-state index contributed by atoms with van der Waals surface area (Å²) in [6.45, 7) is 18.5. The predicted molar refractivity (Wildman–Crippen MR) is 100 cm³/mol. The van der Waals surface area contributed by atoms with Crippen molar-refractivity contribution >= 4 is 17.7 Å². The van der Waals surface area contributed by atoms with E-state index in [2.05, 4.69) is 54.4 Å². The highest BCUT2D eigenvalue weighted by atomic mass is 32.2. The summed E-state index contributed by atoms with van der Waals surface area (Å²) in [5.74, 6) is 0.941. The van der Waals surface area contributed by atoms with E-state index in [1.54, 1.807) is 0 Å². The number of hydrogen-bond donors (Lipinski definition) is 2. The van der Waals surface area contributed by atoms with Gasteiger partial charge in [-0.3, -0.25) is 9.89 Å². The molecule has 22 heavy (non-hydrogen) atoms. The molecule has 1 aliphatic rings. The van der Waals surface area contributed by atoms with Crippen molar-refractivity contribution < 1.29 is 0 Å². The number of likely N-dealkylation sites (N-methyl/N-ethyl adjacent to an activating group) is 1. The topological polar surface area (TPSA) is 42.9 Å². The molecule has 0 saturated carbocycles. The van der Waals surface area contributed by atoms with E-state index >= 15 is 0 Å². The van der Waals surface area contributed by atoms with Crippen LogP contribution in [0.2, 0.25) is 0 Å². The van der Waals surface area contributed by atoms with Gasteiger partial charge in [0.2, 0.25) is 0 Å². The number of piperazine rings is 1. The lowest BCUT2D eigenvalue weighted by molar-refractivity contribution is 0.139. The molecule has 0 bridgehead atoms. The fourth-order valence-electron chi connectivity index (χ4n) is 2.34. The third-order valence-corrected chi connectivity index (χ3v) is 5.38. The van der Waals surface area contributed by atoms with Gasteiger partial charge >= 0.3 is 0 Å².